The molecule has 0 amide bonds. The number of carboxylic acid groups (broad SMARTS) is 1. The number of halogens is 1. The summed E-state index contributed by atoms with van der Waals surface area (Å²) in [4.78, 5) is 17.1. The summed E-state index contributed by atoms with van der Waals surface area (Å²) in [6.07, 6.45) is 3.91. The Kier molecular flexibility index (Phi) is 4.34. The number of benzene rings is 1. The second kappa shape index (κ2) is 6.40. The number of hydrogen-bond donors (Lipinski definition) is 1. The van der Waals surface area contributed by atoms with Gasteiger partial charge in [-0.2, -0.15) is 0 Å². The lowest BCUT2D eigenvalue weighted by Crippen LogP contribution is -2.34. The summed E-state index contributed by atoms with van der Waals surface area (Å²) in [5.74, 6) is -0.605. The first-order chi connectivity index (χ1) is 10.6. The minimum absolute atomic E-state index is 0.189. The fraction of sp³-hybridized carbons (Fsp3) is 0.412. The molecule has 0 atom stereocenters. The summed E-state index contributed by atoms with van der Waals surface area (Å²) in [5, 5.41) is 9.64. The fourth-order valence-electron chi connectivity index (χ4n) is 3.22. The average Bonchev–Trinajstić information content (AvgIpc) is 2.53. The van der Waals surface area contributed by atoms with E-state index in [1.54, 1.807) is 18.3 Å². The number of likely N-dealkylation sites (tertiary alicyclic amines) is 1. The van der Waals surface area contributed by atoms with E-state index < -0.39 is 5.97 Å². The number of nitrogens with zero attached hydrogens (tertiary/aromatic N) is 2. The molecule has 0 aliphatic carbocycles. The topological polar surface area (TPSA) is 53.4 Å². The number of piperidine rings is 1. The van der Waals surface area contributed by atoms with Crippen molar-refractivity contribution in [2.75, 3.05) is 19.6 Å². The van der Waals surface area contributed by atoms with Gasteiger partial charge in [0.15, 0.2) is 0 Å². The molecule has 1 saturated heterocycles. The van der Waals surface area contributed by atoms with Gasteiger partial charge in [0.05, 0.1) is 11.9 Å². The molecule has 2 aromatic rings. The number of aliphatic carboxylic acids is 1. The summed E-state index contributed by atoms with van der Waals surface area (Å²) >= 11 is 0. The minimum Gasteiger partial charge on any atom is -0.481 e. The van der Waals surface area contributed by atoms with E-state index in [0.29, 0.717) is 12.5 Å². The molecule has 116 valence electrons. The molecular weight excluding hydrogens is 283 g/mol. The van der Waals surface area contributed by atoms with Crippen LogP contribution in [0.4, 0.5) is 4.39 Å². The molecule has 4 nitrogen and oxygen atoms in total. The number of fused-ring (bicyclic) bond motifs is 1. The standard InChI is InChI=1S/C17H19FN2O2/c18-13-1-2-16-15(11-13)14(3-7-19-16)12-4-8-20(9-5-12)10-6-17(21)22/h1-3,7,11-12H,4-6,8-10H2,(H,21,22). The molecule has 22 heavy (non-hydrogen) atoms. The highest BCUT2D eigenvalue weighted by Crippen LogP contribution is 2.32. The van der Waals surface area contributed by atoms with Crippen LogP contribution in [-0.2, 0) is 4.79 Å². The van der Waals surface area contributed by atoms with Gasteiger partial charge in [-0.15, -0.1) is 0 Å². The van der Waals surface area contributed by atoms with E-state index in [9.17, 15) is 9.18 Å². The Balaban J connectivity index is 1.74. The molecule has 0 saturated carbocycles. The quantitative estimate of drug-likeness (QED) is 0.943. The van der Waals surface area contributed by atoms with E-state index in [0.717, 1.165) is 42.4 Å². The number of carboxylic acids is 1. The van der Waals surface area contributed by atoms with E-state index in [4.69, 9.17) is 5.11 Å². The van der Waals surface area contributed by atoms with Crippen molar-refractivity contribution in [3.05, 3.63) is 41.8 Å². The van der Waals surface area contributed by atoms with Crippen molar-refractivity contribution in [1.82, 2.24) is 9.88 Å². The molecule has 1 aliphatic heterocycles. The highest BCUT2D eigenvalue weighted by Gasteiger charge is 2.22. The van der Waals surface area contributed by atoms with Crippen LogP contribution < -0.4 is 0 Å². The van der Waals surface area contributed by atoms with E-state index in [1.807, 2.05) is 6.07 Å². The van der Waals surface area contributed by atoms with Gasteiger partial charge in [0.1, 0.15) is 5.82 Å². The molecule has 1 aromatic heterocycles. The van der Waals surface area contributed by atoms with Crippen molar-refractivity contribution in [1.29, 1.82) is 0 Å². The number of carbonyl (C=O) groups is 1. The first-order valence-corrected chi connectivity index (χ1v) is 7.62. The number of pyridine rings is 1. The van der Waals surface area contributed by atoms with Crippen LogP contribution in [0.1, 0.15) is 30.7 Å². The zero-order valence-electron chi connectivity index (χ0n) is 12.3. The van der Waals surface area contributed by atoms with Gasteiger partial charge in [-0.05, 0) is 61.7 Å². The molecule has 5 heteroatoms. The predicted molar refractivity (Wildman–Crippen MR) is 82.4 cm³/mol. The second-order valence-corrected chi connectivity index (χ2v) is 5.82. The SMILES string of the molecule is O=C(O)CCN1CCC(c2ccnc3ccc(F)cc23)CC1. The molecule has 2 heterocycles. The lowest BCUT2D eigenvalue weighted by Gasteiger charge is -2.32. The van der Waals surface area contributed by atoms with Crippen LogP contribution in [0.3, 0.4) is 0 Å². The van der Waals surface area contributed by atoms with Gasteiger partial charge in [0.25, 0.3) is 0 Å². The molecular formula is C17H19FN2O2. The van der Waals surface area contributed by atoms with Crippen LogP contribution in [0.25, 0.3) is 10.9 Å². The Labute approximate surface area is 128 Å². The summed E-state index contributed by atoms with van der Waals surface area (Å²) in [7, 11) is 0. The summed E-state index contributed by atoms with van der Waals surface area (Å²) in [5.41, 5.74) is 1.98. The third-order valence-electron chi connectivity index (χ3n) is 4.41. The summed E-state index contributed by atoms with van der Waals surface area (Å²) in [6.45, 7) is 2.38. The maximum Gasteiger partial charge on any atom is 0.304 e. The zero-order chi connectivity index (χ0) is 15.5. The number of rotatable bonds is 4. The largest absolute Gasteiger partial charge is 0.481 e. The molecule has 0 radical (unpaired) electrons. The maximum atomic E-state index is 13.5. The molecule has 0 spiro atoms. The zero-order valence-corrected chi connectivity index (χ0v) is 12.3. The van der Waals surface area contributed by atoms with Crippen LogP contribution in [0, 0.1) is 5.82 Å². The first kappa shape index (κ1) is 14.9. The van der Waals surface area contributed by atoms with Crippen LogP contribution in [0.2, 0.25) is 0 Å². The first-order valence-electron chi connectivity index (χ1n) is 7.62. The van der Waals surface area contributed by atoms with E-state index >= 15 is 0 Å². The van der Waals surface area contributed by atoms with Crippen molar-refractivity contribution < 1.29 is 14.3 Å². The monoisotopic (exact) mass is 302 g/mol. The van der Waals surface area contributed by atoms with Crippen LogP contribution in [0.5, 0.6) is 0 Å². The lowest BCUT2D eigenvalue weighted by atomic mass is 9.87. The smallest absolute Gasteiger partial charge is 0.304 e. The van der Waals surface area contributed by atoms with Crippen molar-refractivity contribution in [3.8, 4) is 0 Å². The number of aromatic nitrogens is 1. The van der Waals surface area contributed by atoms with Crippen molar-refractivity contribution in [2.24, 2.45) is 0 Å². The van der Waals surface area contributed by atoms with Gasteiger partial charge < -0.3 is 10.0 Å². The van der Waals surface area contributed by atoms with Crippen molar-refractivity contribution in [2.45, 2.75) is 25.2 Å². The highest BCUT2D eigenvalue weighted by atomic mass is 19.1. The average molecular weight is 302 g/mol. The van der Waals surface area contributed by atoms with Gasteiger partial charge in [0, 0.05) is 18.1 Å². The third-order valence-corrected chi connectivity index (χ3v) is 4.41. The molecule has 1 aliphatic rings. The highest BCUT2D eigenvalue weighted by molar-refractivity contribution is 5.82. The molecule has 1 N–H and O–H groups in total. The Hall–Kier alpha value is -2.01. The van der Waals surface area contributed by atoms with Crippen LogP contribution >= 0.6 is 0 Å². The second-order valence-electron chi connectivity index (χ2n) is 5.82. The van der Waals surface area contributed by atoms with Crippen molar-refractivity contribution in [3.63, 3.8) is 0 Å². The van der Waals surface area contributed by atoms with Gasteiger partial charge in [-0.3, -0.25) is 9.78 Å². The predicted octanol–water partition coefficient (Wildman–Crippen LogP) is 3.03. The summed E-state index contributed by atoms with van der Waals surface area (Å²) < 4.78 is 13.5. The van der Waals surface area contributed by atoms with Gasteiger partial charge in [0.2, 0.25) is 0 Å². The molecule has 0 bridgehead atoms. The minimum atomic E-state index is -0.752. The van der Waals surface area contributed by atoms with E-state index in [2.05, 4.69) is 9.88 Å². The Morgan fingerprint density at radius 1 is 1.32 bits per heavy atom. The lowest BCUT2D eigenvalue weighted by molar-refractivity contribution is -0.137. The van der Waals surface area contributed by atoms with E-state index in [-0.39, 0.29) is 12.2 Å². The van der Waals surface area contributed by atoms with Crippen LogP contribution in [-0.4, -0.2) is 40.6 Å². The Bertz CT molecular complexity index is 681. The molecule has 3 rings (SSSR count). The van der Waals surface area contributed by atoms with Gasteiger partial charge in [-0.1, -0.05) is 0 Å². The van der Waals surface area contributed by atoms with Gasteiger partial charge in [-0.25, -0.2) is 4.39 Å². The number of hydrogen-bond acceptors (Lipinski definition) is 3. The molecule has 1 aromatic carbocycles. The van der Waals surface area contributed by atoms with Gasteiger partial charge >= 0.3 is 5.97 Å². The normalized spacial score (nSPS) is 17.0. The van der Waals surface area contributed by atoms with Crippen LogP contribution in [0.15, 0.2) is 30.5 Å². The van der Waals surface area contributed by atoms with Crippen molar-refractivity contribution >= 4 is 16.9 Å². The third kappa shape index (κ3) is 3.25. The Morgan fingerprint density at radius 3 is 2.82 bits per heavy atom. The molecule has 1 fully saturated rings. The van der Waals surface area contributed by atoms with E-state index in [1.165, 1.54) is 6.07 Å². The molecule has 0 unspecified atom stereocenters. The summed E-state index contributed by atoms with van der Waals surface area (Å²) in [6, 6.07) is 6.71. The Morgan fingerprint density at radius 2 is 2.09 bits per heavy atom. The fourth-order valence-corrected chi connectivity index (χ4v) is 3.22. The maximum absolute atomic E-state index is 13.5.